The van der Waals surface area contributed by atoms with E-state index in [-0.39, 0.29) is 18.2 Å². The first-order chi connectivity index (χ1) is 16.2. The van der Waals surface area contributed by atoms with E-state index in [1.165, 1.54) is 50.2 Å². The van der Waals surface area contributed by atoms with Crippen LogP contribution in [0.25, 0.3) is 0 Å². The van der Waals surface area contributed by atoms with Crippen LogP contribution in [0.3, 0.4) is 0 Å². The number of ether oxygens (including phenoxy) is 2. The van der Waals surface area contributed by atoms with E-state index in [0.29, 0.717) is 35.9 Å². The molecule has 1 aliphatic heterocycles. The molecule has 1 aromatic heterocycles. The summed E-state index contributed by atoms with van der Waals surface area (Å²) in [6, 6.07) is 6.43. The van der Waals surface area contributed by atoms with Crippen LogP contribution in [-0.2, 0) is 13.6 Å². The van der Waals surface area contributed by atoms with Gasteiger partial charge in [-0.05, 0) is 48.3 Å². The van der Waals surface area contributed by atoms with Gasteiger partial charge in [0.25, 0.3) is 0 Å². The number of piperidine rings is 1. The van der Waals surface area contributed by atoms with Crippen LogP contribution in [0, 0.1) is 17.8 Å². The largest absolute Gasteiger partial charge is 0.573 e. The fraction of sp³-hybridized carbons (Fsp3) is 0.583. The summed E-state index contributed by atoms with van der Waals surface area (Å²) >= 11 is 0. The average molecular weight is 479 g/mol. The maximum absolute atomic E-state index is 13.0. The molecule has 3 aliphatic rings. The van der Waals surface area contributed by atoms with Crippen LogP contribution >= 0.6 is 0 Å². The smallest absolute Gasteiger partial charge is 0.406 e. The van der Waals surface area contributed by atoms with Crippen LogP contribution in [0.1, 0.15) is 31.2 Å². The Morgan fingerprint density at radius 1 is 1.21 bits per heavy atom. The van der Waals surface area contributed by atoms with E-state index >= 15 is 0 Å². The molecule has 0 radical (unpaired) electrons. The van der Waals surface area contributed by atoms with Crippen molar-refractivity contribution in [3.63, 3.8) is 0 Å². The average Bonchev–Trinajstić information content (AvgIpc) is 3.28. The second kappa shape index (κ2) is 9.13. The molecule has 1 amide bonds. The monoisotopic (exact) mass is 478 g/mol. The van der Waals surface area contributed by atoms with Gasteiger partial charge in [-0.15, -0.1) is 13.2 Å². The summed E-state index contributed by atoms with van der Waals surface area (Å²) in [7, 11) is 1.77. The van der Waals surface area contributed by atoms with E-state index in [4.69, 9.17) is 4.74 Å². The van der Waals surface area contributed by atoms with Crippen LogP contribution in [0.15, 0.2) is 36.8 Å². The zero-order valence-electron chi connectivity index (χ0n) is 19.1. The number of imidazole rings is 1. The highest BCUT2D eigenvalue weighted by molar-refractivity contribution is 5.70. The summed E-state index contributed by atoms with van der Waals surface area (Å²) < 4.78 is 49.1. The number of hydrogen-bond acceptors (Lipinski definition) is 5. The number of alkyl halides is 3. The van der Waals surface area contributed by atoms with Gasteiger partial charge in [-0.25, -0.2) is 9.78 Å². The van der Waals surface area contributed by atoms with Crippen molar-refractivity contribution in [2.75, 3.05) is 19.6 Å². The number of aryl methyl sites for hydroxylation is 1. The van der Waals surface area contributed by atoms with Crippen LogP contribution < -0.4 is 9.47 Å². The normalized spacial score (nSPS) is 24.8. The molecule has 2 unspecified atom stereocenters. The van der Waals surface area contributed by atoms with Gasteiger partial charge < -0.3 is 18.9 Å². The molecule has 1 saturated heterocycles. The molecule has 34 heavy (non-hydrogen) atoms. The van der Waals surface area contributed by atoms with Gasteiger partial charge >= 0.3 is 12.5 Å². The highest BCUT2D eigenvalue weighted by atomic mass is 19.4. The quantitative estimate of drug-likeness (QED) is 0.589. The Morgan fingerprint density at radius 2 is 1.94 bits per heavy atom. The molecule has 2 saturated carbocycles. The molecule has 2 atom stereocenters. The summed E-state index contributed by atoms with van der Waals surface area (Å²) in [5.74, 6) is 1.38. The zero-order chi connectivity index (χ0) is 23.9. The molecule has 10 heteroatoms. The van der Waals surface area contributed by atoms with Gasteiger partial charge in [0.1, 0.15) is 5.75 Å². The molecule has 0 N–H and O–H groups in total. The van der Waals surface area contributed by atoms with Gasteiger partial charge in [0.2, 0.25) is 5.88 Å². The maximum atomic E-state index is 13.0. The lowest BCUT2D eigenvalue weighted by atomic mass is 10.1. The van der Waals surface area contributed by atoms with E-state index in [0.717, 1.165) is 13.1 Å². The number of carbonyl (C=O) groups is 1. The highest BCUT2D eigenvalue weighted by Crippen LogP contribution is 2.53. The molecule has 3 fully saturated rings. The molecule has 1 aromatic carbocycles. The molecule has 2 aromatic rings. The lowest BCUT2D eigenvalue weighted by Gasteiger charge is -2.28. The van der Waals surface area contributed by atoms with Crippen molar-refractivity contribution in [3.8, 4) is 11.6 Å². The van der Waals surface area contributed by atoms with Crippen molar-refractivity contribution in [1.29, 1.82) is 0 Å². The third kappa shape index (κ3) is 5.32. The zero-order valence-corrected chi connectivity index (χ0v) is 19.1. The number of amides is 1. The second-order valence-corrected chi connectivity index (χ2v) is 9.70. The number of benzene rings is 1. The Bertz CT molecular complexity index is 1010. The first-order valence-corrected chi connectivity index (χ1v) is 11.8. The first-order valence-electron chi connectivity index (χ1n) is 11.8. The Morgan fingerprint density at radius 3 is 2.59 bits per heavy atom. The standard InChI is InChI=1S/C24H29F3N4O3/c1-29-14-22(28-15-29)33-23(32)31(10-16-5-4-8-18(9-16)34-24(25,26)27)13-21-19-11-30(12-20(19)21)17-6-2-3-7-17/h4-5,8-9,14-15,17,19-21H,2-3,6-7,10-13H2,1H3. The van der Waals surface area contributed by atoms with Gasteiger partial charge in [-0.1, -0.05) is 25.0 Å². The molecule has 0 spiro atoms. The highest BCUT2D eigenvalue weighted by Gasteiger charge is 2.57. The fourth-order valence-corrected chi connectivity index (χ4v) is 5.64. The molecule has 0 bridgehead atoms. The number of halogens is 3. The van der Waals surface area contributed by atoms with Crippen LogP contribution in [0.2, 0.25) is 0 Å². The van der Waals surface area contributed by atoms with E-state index in [9.17, 15) is 18.0 Å². The van der Waals surface area contributed by atoms with Crippen molar-refractivity contribution in [2.45, 2.75) is 44.6 Å². The van der Waals surface area contributed by atoms with Gasteiger partial charge in [-0.2, -0.15) is 0 Å². The van der Waals surface area contributed by atoms with Gasteiger partial charge in [-0.3, -0.25) is 4.90 Å². The van der Waals surface area contributed by atoms with E-state index in [1.54, 1.807) is 28.8 Å². The lowest BCUT2D eigenvalue weighted by Crippen LogP contribution is -2.38. The van der Waals surface area contributed by atoms with Crippen molar-refractivity contribution < 1.29 is 27.4 Å². The van der Waals surface area contributed by atoms with Gasteiger partial charge in [0.05, 0.1) is 12.5 Å². The minimum absolute atomic E-state index is 0.128. The van der Waals surface area contributed by atoms with E-state index in [1.807, 2.05) is 0 Å². The first kappa shape index (κ1) is 23.0. The third-order valence-corrected chi connectivity index (χ3v) is 7.31. The van der Waals surface area contributed by atoms with Crippen LogP contribution in [-0.4, -0.2) is 57.5 Å². The van der Waals surface area contributed by atoms with Crippen molar-refractivity contribution in [1.82, 2.24) is 19.4 Å². The Labute approximate surface area is 196 Å². The summed E-state index contributed by atoms with van der Waals surface area (Å²) in [6.45, 7) is 2.77. The number of hydrogen-bond donors (Lipinski definition) is 0. The predicted molar refractivity (Wildman–Crippen MR) is 117 cm³/mol. The predicted octanol–water partition coefficient (Wildman–Crippen LogP) is 4.44. The maximum Gasteiger partial charge on any atom is 0.573 e. The summed E-state index contributed by atoms with van der Waals surface area (Å²) in [5.41, 5.74) is 0.540. The summed E-state index contributed by atoms with van der Waals surface area (Å²) in [4.78, 5) is 21.3. The Hall–Kier alpha value is -2.75. The second-order valence-electron chi connectivity index (χ2n) is 9.70. The number of fused-ring (bicyclic) bond motifs is 1. The molecular weight excluding hydrogens is 449 g/mol. The number of carbonyl (C=O) groups excluding carboxylic acids is 1. The molecular formula is C24H29F3N4O3. The van der Waals surface area contributed by atoms with Gasteiger partial charge in [0.15, 0.2) is 0 Å². The SMILES string of the molecule is Cn1cnc(OC(=O)N(Cc2cccc(OC(F)(F)F)c2)CC2C3CN(C4CCCC4)CC23)c1. The number of rotatable bonds is 7. The molecule has 184 valence electrons. The van der Waals surface area contributed by atoms with E-state index in [2.05, 4.69) is 14.6 Å². The van der Waals surface area contributed by atoms with E-state index < -0.39 is 12.5 Å². The fourth-order valence-electron chi connectivity index (χ4n) is 5.64. The topological polar surface area (TPSA) is 59.8 Å². The lowest BCUT2D eigenvalue weighted by molar-refractivity contribution is -0.274. The minimum atomic E-state index is -4.77. The molecule has 7 nitrogen and oxygen atoms in total. The Balaban J connectivity index is 1.26. The third-order valence-electron chi connectivity index (χ3n) is 7.31. The number of aromatic nitrogens is 2. The van der Waals surface area contributed by atoms with Crippen molar-refractivity contribution in [3.05, 3.63) is 42.4 Å². The molecule has 2 aliphatic carbocycles. The van der Waals surface area contributed by atoms with Crippen LogP contribution in [0.5, 0.6) is 11.6 Å². The number of likely N-dealkylation sites (tertiary alicyclic amines) is 1. The Kier molecular flexibility index (Phi) is 6.18. The molecule has 5 rings (SSSR count). The van der Waals surface area contributed by atoms with Crippen LogP contribution in [0.4, 0.5) is 18.0 Å². The van der Waals surface area contributed by atoms with Crippen molar-refractivity contribution >= 4 is 6.09 Å². The summed E-state index contributed by atoms with van der Waals surface area (Å²) in [5, 5.41) is 0. The number of nitrogens with zero attached hydrogens (tertiary/aromatic N) is 4. The van der Waals surface area contributed by atoms with Crippen molar-refractivity contribution in [2.24, 2.45) is 24.8 Å². The van der Waals surface area contributed by atoms with Gasteiger partial charge in [0, 0.05) is 39.3 Å². The molecule has 2 heterocycles. The summed E-state index contributed by atoms with van der Waals surface area (Å²) in [6.07, 6.45) is 2.98. The minimum Gasteiger partial charge on any atom is -0.406 e.